The molecule has 2 heterocycles. The van der Waals surface area contributed by atoms with Gasteiger partial charge >= 0.3 is 0 Å². The summed E-state index contributed by atoms with van der Waals surface area (Å²) in [5.74, 6) is 0.168. The number of fused-ring (bicyclic) bond motifs is 1. The number of likely N-dealkylation sites (tertiary alicyclic amines) is 1. The smallest absolute Gasteiger partial charge is 0.224 e. The number of carbonyl (C=O) groups is 1. The molecule has 1 fully saturated rings. The van der Waals surface area contributed by atoms with E-state index < -0.39 is 0 Å². The lowest BCUT2D eigenvalue weighted by atomic mass is 10.1. The van der Waals surface area contributed by atoms with Gasteiger partial charge in [0.2, 0.25) is 5.91 Å². The van der Waals surface area contributed by atoms with Crippen molar-refractivity contribution in [2.24, 2.45) is 5.73 Å². The lowest BCUT2D eigenvalue weighted by molar-refractivity contribution is -0.127. The molecule has 4 nitrogen and oxygen atoms in total. The molecule has 4 heteroatoms. The van der Waals surface area contributed by atoms with Crippen LogP contribution in [0, 0.1) is 0 Å². The van der Waals surface area contributed by atoms with Gasteiger partial charge in [0.25, 0.3) is 0 Å². The molecular formula is C15H17N3O. The van der Waals surface area contributed by atoms with Crippen LogP contribution in [0.25, 0.3) is 10.9 Å². The second kappa shape index (κ2) is 4.97. The van der Waals surface area contributed by atoms with E-state index in [0.717, 1.165) is 29.4 Å². The zero-order valence-corrected chi connectivity index (χ0v) is 10.7. The molecule has 1 aliphatic heterocycles. The second-order valence-corrected chi connectivity index (χ2v) is 5.09. The van der Waals surface area contributed by atoms with Gasteiger partial charge in [0.05, 0.1) is 5.52 Å². The average molecular weight is 255 g/mol. The third-order valence-electron chi connectivity index (χ3n) is 3.56. The Morgan fingerprint density at radius 1 is 1.37 bits per heavy atom. The van der Waals surface area contributed by atoms with Crippen molar-refractivity contribution in [2.75, 3.05) is 13.1 Å². The second-order valence-electron chi connectivity index (χ2n) is 5.09. The Balaban J connectivity index is 1.70. The van der Waals surface area contributed by atoms with Crippen LogP contribution in [0.15, 0.2) is 36.5 Å². The maximum atomic E-state index is 11.6. The predicted molar refractivity (Wildman–Crippen MR) is 74.6 cm³/mol. The highest BCUT2D eigenvalue weighted by Crippen LogP contribution is 2.15. The number of rotatable bonds is 3. The zero-order chi connectivity index (χ0) is 13.2. The molecule has 1 saturated heterocycles. The van der Waals surface area contributed by atoms with Crippen LogP contribution < -0.4 is 5.73 Å². The number of pyridine rings is 1. The van der Waals surface area contributed by atoms with E-state index in [9.17, 15) is 4.79 Å². The van der Waals surface area contributed by atoms with Crippen molar-refractivity contribution < 1.29 is 4.79 Å². The van der Waals surface area contributed by atoms with Crippen LogP contribution >= 0.6 is 0 Å². The van der Waals surface area contributed by atoms with Crippen LogP contribution in [0.3, 0.4) is 0 Å². The third kappa shape index (κ3) is 2.58. The Labute approximate surface area is 112 Å². The third-order valence-corrected chi connectivity index (χ3v) is 3.56. The van der Waals surface area contributed by atoms with Gasteiger partial charge < -0.3 is 10.6 Å². The van der Waals surface area contributed by atoms with Gasteiger partial charge in [-0.3, -0.25) is 9.78 Å². The van der Waals surface area contributed by atoms with Crippen molar-refractivity contribution >= 4 is 16.8 Å². The first kappa shape index (κ1) is 12.1. The summed E-state index contributed by atoms with van der Waals surface area (Å²) in [7, 11) is 0. The molecule has 1 unspecified atom stereocenters. The SMILES string of the molecule is NC1CC(=O)N(CCc2cnc3ccccc3c2)C1. The summed E-state index contributed by atoms with van der Waals surface area (Å²) >= 11 is 0. The summed E-state index contributed by atoms with van der Waals surface area (Å²) in [5.41, 5.74) is 7.95. The van der Waals surface area contributed by atoms with E-state index in [4.69, 9.17) is 5.73 Å². The molecular weight excluding hydrogens is 238 g/mol. The number of benzene rings is 1. The fourth-order valence-electron chi connectivity index (χ4n) is 2.54. The molecule has 0 aliphatic carbocycles. The molecule has 1 atom stereocenters. The highest BCUT2D eigenvalue weighted by Gasteiger charge is 2.26. The number of hydrogen-bond donors (Lipinski definition) is 1. The molecule has 1 aromatic carbocycles. The van der Waals surface area contributed by atoms with Crippen LogP contribution in [0.1, 0.15) is 12.0 Å². The van der Waals surface area contributed by atoms with Crippen molar-refractivity contribution in [3.8, 4) is 0 Å². The Morgan fingerprint density at radius 3 is 3.00 bits per heavy atom. The number of nitrogens with zero attached hydrogens (tertiary/aromatic N) is 2. The fraction of sp³-hybridized carbons (Fsp3) is 0.333. The summed E-state index contributed by atoms with van der Waals surface area (Å²) in [4.78, 5) is 17.9. The number of aromatic nitrogens is 1. The molecule has 2 aromatic rings. The van der Waals surface area contributed by atoms with Crippen LogP contribution in [0.4, 0.5) is 0 Å². The largest absolute Gasteiger partial charge is 0.341 e. The summed E-state index contributed by atoms with van der Waals surface area (Å²) in [5, 5.41) is 1.14. The Kier molecular flexibility index (Phi) is 3.17. The monoisotopic (exact) mass is 255 g/mol. The van der Waals surface area contributed by atoms with Gasteiger partial charge in [-0.1, -0.05) is 18.2 Å². The summed E-state index contributed by atoms with van der Waals surface area (Å²) in [6.45, 7) is 1.41. The standard InChI is InChI=1S/C15H17N3O/c16-13-8-15(19)18(10-13)6-5-11-7-12-3-1-2-4-14(12)17-9-11/h1-4,7,9,13H,5-6,8,10,16H2. The van der Waals surface area contributed by atoms with Crippen molar-refractivity contribution in [1.82, 2.24) is 9.88 Å². The topological polar surface area (TPSA) is 59.2 Å². The summed E-state index contributed by atoms with van der Waals surface area (Å²) in [6.07, 6.45) is 3.20. The number of carbonyl (C=O) groups excluding carboxylic acids is 1. The Morgan fingerprint density at radius 2 is 2.21 bits per heavy atom. The minimum absolute atomic E-state index is 0.00206. The van der Waals surface area contributed by atoms with E-state index in [0.29, 0.717) is 13.0 Å². The van der Waals surface area contributed by atoms with Crippen molar-refractivity contribution in [3.05, 3.63) is 42.1 Å². The molecule has 2 N–H and O–H groups in total. The lowest BCUT2D eigenvalue weighted by Gasteiger charge is -2.15. The highest BCUT2D eigenvalue weighted by atomic mass is 16.2. The minimum atomic E-state index is 0.00206. The van der Waals surface area contributed by atoms with Gasteiger partial charge in [-0.2, -0.15) is 0 Å². The van der Waals surface area contributed by atoms with Crippen LogP contribution in [-0.4, -0.2) is 34.9 Å². The van der Waals surface area contributed by atoms with Gasteiger partial charge in [0.1, 0.15) is 0 Å². The molecule has 0 spiro atoms. The normalized spacial score (nSPS) is 19.3. The molecule has 0 radical (unpaired) electrons. The van der Waals surface area contributed by atoms with E-state index in [1.54, 1.807) is 0 Å². The molecule has 1 aromatic heterocycles. The molecule has 1 aliphatic rings. The molecule has 0 saturated carbocycles. The lowest BCUT2D eigenvalue weighted by Crippen LogP contribution is -2.30. The molecule has 98 valence electrons. The van der Waals surface area contributed by atoms with E-state index in [2.05, 4.69) is 17.1 Å². The Hall–Kier alpha value is -1.94. The quantitative estimate of drug-likeness (QED) is 0.900. The van der Waals surface area contributed by atoms with E-state index in [-0.39, 0.29) is 11.9 Å². The van der Waals surface area contributed by atoms with Gasteiger partial charge in [-0.25, -0.2) is 0 Å². The minimum Gasteiger partial charge on any atom is -0.341 e. The van der Waals surface area contributed by atoms with E-state index >= 15 is 0 Å². The Bertz CT molecular complexity index is 611. The first-order valence-corrected chi connectivity index (χ1v) is 6.59. The van der Waals surface area contributed by atoms with Crippen molar-refractivity contribution in [1.29, 1.82) is 0 Å². The summed E-state index contributed by atoms with van der Waals surface area (Å²) in [6, 6.07) is 10.2. The van der Waals surface area contributed by atoms with Gasteiger partial charge in [-0.05, 0) is 24.1 Å². The van der Waals surface area contributed by atoms with Crippen LogP contribution in [0.5, 0.6) is 0 Å². The predicted octanol–water partition coefficient (Wildman–Crippen LogP) is 1.34. The van der Waals surface area contributed by atoms with E-state index in [1.807, 2.05) is 29.3 Å². The molecule has 3 rings (SSSR count). The number of hydrogen-bond acceptors (Lipinski definition) is 3. The first-order chi connectivity index (χ1) is 9.22. The van der Waals surface area contributed by atoms with Crippen molar-refractivity contribution in [3.63, 3.8) is 0 Å². The number of nitrogens with two attached hydrogens (primary N) is 1. The van der Waals surface area contributed by atoms with Gasteiger partial charge in [0, 0.05) is 37.1 Å². The zero-order valence-electron chi connectivity index (χ0n) is 10.7. The average Bonchev–Trinajstić information content (AvgIpc) is 2.74. The van der Waals surface area contributed by atoms with Gasteiger partial charge in [-0.15, -0.1) is 0 Å². The maximum Gasteiger partial charge on any atom is 0.224 e. The van der Waals surface area contributed by atoms with E-state index in [1.165, 1.54) is 0 Å². The van der Waals surface area contributed by atoms with Crippen LogP contribution in [-0.2, 0) is 11.2 Å². The maximum absolute atomic E-state index is 11.6. The number of para-hydroxylation sites is 1. The summed E-state index contributed by atoms with van der Waals surface area (Å²) < 4.78 is 0. The molecule has 1 amide bonds. The molecule has 0 bridgehead atoms. The molecule has 19 heavy (non-hydrogen) atoms. The van der Waals surface area contributed by atoms with Gasteiger partial charge in [0.15, 0.2) is 0 Å². The highest BCUT2D eigenvalue weighted by molar-refractivity contribution is 5.80. The first-order valence-electron chi connectivity index (χ1n) is 6.59. The number of amides is 1. The fourth-order valence-corrected chi connectivity index (χ4v) is 2.54. The van der Waals surface area contributed by atoms with Crippen molar-refractivity contribution in [2.45, 2.75) is 18.9 Å². The van der Waals surface area contributed by atoms with Crippen LogP contribution in [0.2, 0.25) is 0 Å².